The molecule has 0 amide bonds. The lowest BCUT2D eigenvalue weighted by atomic mass is 9.89. The van der Waals surface area contributed by atoms with E-state index in [0.29, 0.717) is 0 Å². The van der Waals surface area contributed by atoms with Crippen molar-refractivity contribution in [2.24, 2.45) is 5.92 Å². The second kappa shape index (κ2) is 7.19. The van der Waals surface area contributed by atoms with Crippen LogP contribution in [0.25, 0.3) is 17.3 Å². The first-order valence-electron chi connectivity index (χ1n) is 8.15. The van der Waals surface area contributed by atoms with Crippen LogP contribution < -0.4 is 0 Å². The predicted molar refractivity (Wildman–Crippen MR) is 96.1 cm³/mol. The number of benzene rings is 1. The molecule has 116 valence electrons. The zero-order valence-electron chi connectivity index (χ0n) is 13.3. The summed E-state index contributed by atoms with van der Waals surface area (Å²) in [4.78, 5) is 1.30. The van der Waals surface area contributed by atoms with Crippen LogP contribution in [0.1, 0.15) is 37.8 Å². The maximum absolute atomic E-state index is 4.74. The quantitative estimate of drug-likeness (QED) is 0.679. The fourth-order valence-electron chi connectivity index (χ4n) is 3.28. The lowest BCUT2D eigenvalue weighted by Gasteiger charge is -2.22. The van der Waals surface area contributed by atoms with Gasteiger partial charge in [0.1, 0.15) is 0 Å². The minimum absolute atomic E-state index is 0.774. The smallest absolute Gasteiger partial charge is 0.0851 e. The molecule has 1 heterocycles. The van der Waals surface area contributed by atoms with Crippen molar-refractivity contribution in [2.75, 3.05) is 6.26 Å². The van der Waals surface area contributed by atoms with Gasteiger partial charge in [0, 0.05) is 11.4 Å². The van der Waals surface area contributed by atoms with Crippen LogP contribution in [0.15, 0.2) is 41.8 Å². The molecule has 0 unspecified atom stereocenters. The Labute approximate surface area is 137 Å². The standard InChI is InChI=1S/C19H24N2S/c1-3-17-13-19(16-9-11-18(22-2)12-10-16)21(20-17)14-15-7-5-4-6-8-15/h3,9-13,15H,1,4-8,14H2,2H3. The summed E-state index contributed by atoms with van der Waals surface area (Å²) in [5.74, 6) is 0.774. The van der Waals surface area contributed by atoms with Gasteiger partial charge in [-0.2, -0.15) is 5.10 Å². The second-order valence-electron chi connectivity index (χ2n) is 6.07. The van der Waals surface area contributed by atoms with E-state index in [0.717, 1.165) is 18.2 Å². The van der Waals surface area contributed by atoms with Crippen LogP contribution in [0.5, 0.6) is 0 Å². The molecule has 0 bridgehead atoms. The van der Waals surface area contributed by atoms with E-state index in [2.05, 4.69) is 47.8 Å². The number of hydrogen-bond donors (Lipinski definition) is 0. The molecule has 2 nitrogen and oxygen atoms in total. The number of aromatic nitrogens is 2. The van der Waals surface area contributed by atoms with Gasteiger partial charge < -0.3 is 0 Å². The Kier molecular flexibility index (Phi) is 5.04. The van der Waals surface area contributed by atoms with Crippen molar-refractivity contribution in [1.82, 2.24) is 9.78 Å². The molecule has 22 heavy (non-hydrogen) atoms. The molecule has 3 rings (SSSR count). The summed E-state index contributed by atoms with van der Waals surface area (Å²) >= 11 is 1.78. The molecule has 0 spiro atoms. The molecule has 0 aliphatic heterocycles. The highest BCUT2D eigenvalue weighted by atomic mass is 32.2. The first-order chi connectivity index (χ1) is 10.8. The van der Waals surface area contributed by atoms with E-state index in [9.17, 15) is 0 Å². The van der Waals surface area contributed by atoms with Crippen LogP contribution in [0, 0.1) is 5.92 Å². The fourth-order valence-corrected chi connectivity index (χ4v) is 3.69. The molecule has 3 heteroatoms. The Bertz CT molecular complexity index is 621. The molecule has 1 aliphatic carbocycles. The lowest BCUT2D eigenvalue weighted by Crippen LogP contribution is -2.15. The van der Waals surface area contributed by atoms with Gasteiger partial charge >= 0.3 is 0 Å². The largest absolute Gasteiger partial charge is 0.264 e. The third-order valence-corrected chi connectivity index (χ3v) is 5.29. The molecule has 1 fully saturated rings. The Balaban J connectivity index is 1.87. The van der Waals surface area contributed by atoms with Crippen molar-refractivity contribution in [3.63, 3.8) is 0 Å². The van der Waals surface area contributed by atoms with E-state index in [4.69, 9.17) is 5.10 Å². The molecule has 0 N–H and O–H groups in total. The minimum atomic E-state index is 0.774. The highest BCUT2D eigenvalue weighted by Gasteiger charge is 2.17. The van der Waals surface area contributed by atoms with Gasteiger partial charge in [-0.15, -0.1) is 11.8 Å². The van der Waals surface area contributed by atoms with Crippen molar-refractivity contribution >= 4 is 17.8 Å². The highest BCUT2D eigenvalue weighted by Crippen LogP contribution is 2.29. The molecular formula is C19H24N2S. The van der Waals surface area contributed by atoms with Crippen molar-refractivity contribution in [3.8, 4) is 11.3 Å². The van der Waals surface area contributed by atoms with E-state index >= 15 is 0 Å². The van der Waals surface area contributed by atoms with Crippen LogP contribution >= 0.6 is 11.8 Å². The van der Waals surface area contributed by atoms with Gasteiger partial charge in [0.05, 0.1) is 11.4 Å². The Morgan fingerprint density at radius 1 is 1.23 bits per heavy atom. The van der Waals surface area contributed by atoms with Crippen molar-refractivity contribution in [2.45, 2.75) is 43.5 Å². The number of thioether (sulfide) groups is 1. The molecule has 0 atom stereocenters. The summed E-state index contributed by atoms with van der Waals surface area (Å²) < 4.78 is 2.20. The van der Waals surface area contributed by atoms with Gasteiger partial charge in [0.15, 0.2) is 0 Å². The predicted octanol–water partition coefficient (Wildman–Crippen LogP) is 5.50. The van der Waals surface area contributed by atoms with E-state index in [1.54, 1.807) is 11.8 Å². The summed E-state index contributed by atoms with van der Waals surface area (Å²) in [6, 6.07) is 10.9. The maximum atomic E-state index is 4.74. The van der Waals surface area contributed by atoms with Crippen LogP contribution in [0.4, 0.5) is 0 Å². The van der Waals surface area contributed by atoms with E-state index in [1.165, 1.54) is 48.3 Å². The third-order valence-electron chi connectivity index (χ3n) is 4.55. The number of rotatable bonds is 5. The third kappa shape index (κ3) is 3.46. The molecule has 2 aromatic rings. The summed E-state index contributed by atoms with van der Waals surface area (Å²) in [5.41, 5.74) is 3.43. The van der Waals surface area contributed by atoms with Crippen LogP contribution in [0.3, 0.4) is 0 Å². The minimum Gasteiger partial charge on any atom is -0.264 e. The van der Waals surface area contributed by atoms with Crippen LogP contribution in [-0.4, -0.2) is 16.0 Å². The summed E-state index contributed by atoms with van der Waals surface area (Å²) in [6.07, 6.45) is 10.8. The first-order valence-corrected chi connectivity index (χ1v) is 9.37. The Morgan fingerprint density at radius 2 is 1.95 bits per heavy atom. The van der Waals surface area contributed by atoms with Gasteiger partial charge in [-0.3, -0.25) is 4.68 Å². The SMILES string of the molecule is C=Cc1cc(-c2ccc(SC)cc2)n(CC2CCCCC2)n1. The molecule has 1 aromatic carbocycles. The van der Waals surface area contributed by atoms with Crippen LogP contribution in [0.2, 0.25) is 0 Å². The van der Waals surface area contributed by atoms with Gasteiger partial charge in [-0.25, -0.2) is 0 Å². The average molecular weight is 312 g/mol. The highest BCUT2D eigenvalue weighted by molar-refractivity contribution is 7.98. The molecular weight excluding hydrogens is 288 g/mol. The van der Waals surface area contributed by atoms with Gasteiger partial charge in [0.2, 0.25) is 0 Å². The van der Waals surface area contributed by atoms with Gasteiger partial charge in [-0.1, -0.05) is 38.0 Å². The maximum Gasteiger partial charge on any atom is 0.0851 e. The van der Waals surface area contributed by atoms with Crippen LogP contribution in [-0.2, 0) is 6.54 Å². The van der Waals surface area contributed by atoms with Gasteiger partial charge in [0.25, 0.3) is 0 Å². The van der Waals surface area contributed by atoms with E-state index in [-0.39, 0.29) is 0 Å². The summed E-state index contributed by atoms with van der Waals surface area (Å²) in [5, 5.41) is 4.74. The first kappa shape index (κ1) is 15.4. The van der Waals surface area contributed by atoms with E-state index in [1.807, 2.05) is 6.08 Å². The number of nitrogens with zero attached hydrogens (tertiary/aromatic N) is 2. The topological polar surface area (TPSA) is 17.8 Å². The van der Waals surface area contributed by atoms with E-state index < -0.39 is 0 Å². The monoisotopic (exact) mass is 312 g/mol. The summed E-state index contributed by atoms with van der Waals surface area (Å²) in [7, 11) is 0. The molecule has 0 radical (unpaired) electrons. The fraction of sp³-hybridized carbons (Fsp3) is 0.421. The lowest BCUT2D eigenvalue weighted by molar-refractivity contribution is 0.309. The van der Waals surface area contributed by atoms with Crippen molar-refractivity contribution < 1.29 is 0 Å². The number of hydrogen-bond acceptors (Lipinski definition) is 2. The Hall–Kier alpha value is -1.48. The molecule has 1 aliphatic rings. The molecule has 0 saturated heterocycles. The molecule has 1 saturated carbocycles. The summed E-state index contributed by atoms with van der Waals surface area (Å²) in [6.45, 7) is 4.91. The normalized spacial score (nSPS) is 15.9. The van der Waals surface area contributed by atoms with Crippen molar-refractivity contribution in [3.05, 3.63) is 42.6 Å². The molecule has 1 aromatic heterocycles. The zero-order chi connectivity index (χ0) is 15.4. The zero-order valence-corrected chi connectivity index (χ0v) is 14.1. The average Bonchev–Trinajstić information content (AvgIpc) is 2.99. The Morgan fingerprint density at radius 3 is 2.59 bits per heavy atom. The van der Waals surface area contributed by atoms with Crippen molar-refractivity contribution in [1.29, 1.82) is 0 Å². The second-order valence-corrected chi connectivity index (χ2v) is 6.95. The van der Waals surface area contributed by atoms with Gasteiger partial charge in [-0.05, 0) is 54.9 Å².